The van der Waals surface area contributed by atoms with Crippen LogP contribution in [0, 0.1) is 0 Å². The van der Waals surface area contributed by atoms with Gasteiger partial charge in [0.05, 0.1) is 21.3 Å². The van der Waals surface area contributed by atoms with Crippen molar-refractivity contribution >= 4 is 29.5 Å². The molecule has 1 heterocycles. The molecule has 11 heteroatoms. The molecule has 0 spiro atoms. The highest BCUT2D eigenvalue weighted by molar-refractivity contribution is 6.03. The summed E-state index contributed by atoms with van der Waals surface area (Å²) in [5.74, 6) is -3.31. The molecule has 0 aliphatic heterocycles. The van der Waals surface area contributed by atoms with Gasteiger partial charge < -0.3 is 30.0 Å². The van der Waals surface area contributed by atoms with E-state index in [1.807, 2.05) is 0 Å². The summed E-state index contributed by atoms with van der Waals surface area (Å²) in [5.41, 5.74) is 4.47. The average molecular weight is 390 g/mol. The number of hydrogen-bond donors (Lipinski definition) is 3. The SMILES string of the molecule is C.C.COC(=O)CC(=O)CC(=O)OC.COC(=O)c1c(O)cc(=O)[nH]c1N. The summed E-state index contributed by atoms with van der Waals surface area (Å²) in [4.78, 5) is 55.6. The number of Topliss-reactive ketones (excluding diaryl/α,β-unsaturated/α-hetero) is 1. The van der Waals surface area contributed by atoms with Gasteiger partial charge in [0, 0.05) is 6.07 Å². The first-order chi connectivity index (χ1) is 11.7. The molecule has 4 N–H and O–H groups in total. The lowest BCUT2D eigenvalue weighted by atomic mass is 10.2. The van der Waals surface area contributed by atoms with E-state index in [9.17, 15) is 29.1 Å². The predicted molar refractivity (Wildman–Crippen MR) is 96.2 cm³/mol. The largest absolute Gasteiger partial charge is 0.507 e. The maximum atomic E-state index is 11.0. The number of carbonyl (C=O) groups is 4. The highest BCUT2D eigenvalue weighted by Gasteiger charge is 2.16. The minimum Gasteiger partial charge on any atom is -0.507 e. The molecule has 0 bridgehead atoms. The monoisotopic (exact) mass is 390 g/mol. The van der Waals surface area contributed by atoms with Crippen molar-refractivity contribution in [2.24, 2.45) is 0 Å². The zero-order valence-electron chi connectivity index (χ0n) is 13.8. The lowest BCUT2D eigenvalue weighted by Crippen LogP contribution is -2.14. The van der Waals surface area contributed by atoms with Gasteiger partial charge in [0.1, 0.15) is 30.0 Å². The van der Waals surface area contributed by atoms with Crippen molar-refractivity contribution in [2.75, 3.05) is 27.1 Å². The number of rotatable bonds is 5. The van der Waals surface area contributed by atoms with Crippen LogP contribution >= 0.6 is 0 Å². The van der Waals surface area contributed by atoms with Gasteiger partial charge in [-0.2, -0.15) is 0 Å². The summed E-state index contributed by atoms with van der Waals surface area (Å²) < 4.78 is 12.8. The van der Waals surface area contributed by atoms with Crippen LogP contribution < -0.4 is 11.3 Å². The van der Waals surface area contributed by atoms with E-state index in [4.69, 9.17) is 5.73 Å². The second-order valence-corrected chi connectivity index (χ2v) is 4.34. The zero-order valence-corrected chi connectivity index (χ0v) is 13.8. The van der Waals surface area contributed by atoms with Crippen molar-refractivity contribution in [3.63, 3.8) is 0 Å². The van der Waals surface area contributed by atoms with Crippen LogP contribution in [0.4, 0.5) is 5.82 Å². The van der Waals surface area contributed by atoms with Crippen LogP contribution in [0.2, 0.25) is 0 Å². The lowest BCUT2D eigenvalue weighted by molar-refractivity contribution is -0.146. The van der Waals surface area contributed by atoms with Crippen molar-refractivity contribution in [2.45, 2.75) is 27.7 Å². The average Bonchev–Trinajstić information content (AvgIpc) is 2.53. The molecule has 0 amide bonds. The van der Waals surface area contributed by atoms with E-state index in [2.05, 4.69) is 19.2 Å². The van der Waals surface area contributed by atoms with Gasteiger partial charge in [-0.15, -0.1) is 0 Å². The van der Waals surface area contributed by atoms with Gasteiger partial charge in [-0.05, 0) is 0 Å². The Morgan fingerprint density at radius 3 is 1.78 bits per heavy atom. The van der Waals surface area contributed by atoms with Gasteiger partial charge in [0.2, 0.25) is 0 Å². The number of aromatic amines is 1. The maximum absolute atomic E-state index is 11.0. The maximum Gasteiger partial charge on any atom is 0.345 e. The molecule has 0 aliphatic rings. The number of nitrogens with two attached hydrogens (primary N) is 1. The number of nitrogens with one attached hydrogen (secondary N) is 1. The summed E-state index contributed by atoms with van der Waals surface area (Å²) in [7, 11) is 3.49. The fraction of sp³-hybridized carbons (Fsp3) is 0.438. The number of H-pyrrole nitrogens is 1. The molecule has 1 aromatic heterocycles. The third-order valence-electron chi connectivity index (χ3n) is 2.58. The van der Waals surface area contributed by atoms with E-state index in [1.165, 1.54) is 14.2 Å². The number of hydrogen-bond acceptors (Lipinski definition) is 10. The molecule has 0 atom stereocenters. The number of methoxy groups -OCH3 is 3. The smallest absolute Gasteiger partial charge is 0.345 e. The molecule has 154 valence electrons. The number of aromatic hydroxyl groups is 1. The van der Waals surface area contributed by atoms with Gasteiger partial charge in [-0.3, -0.25) is 19.2 Å². The number of anilines is 1. The Hall–Kier alpha value is -3.37. The van der Waals surface area contributed by atoms with Crippen LogP contribution in [0.25, 0.3) is 0 Å². The number of ketones is 1. The van der Waals surface area contributed by atoms with E-state index in [0.717, 1.165) is 13.2 Å². The van der Waals surface area contributed by atoms with Crippen LogP contribution in [0.3, 0.4) is 0 Å². The Balaban J connectivity index is -0.000000399. The fourth-order valence-corrected chi connectivity index (χ4v) is 1.41. The highest BCUT2D eigenvalue weighted by Crippen LogP contribution is 2.19. The number of ether oxygens (including phenoxy) is 3. The van der Waals surface area contributed by atoms with Crippen molar-refractivity contribution in [1.82, 2.24) is 4.98 Å². The molecule has 0 saturated heterocycles. The summed E-state index contributed by atoms with van der Waals surface area (Å²) in [6.45, 7) is 0. The van der Waals surface area contributed by atoms with Crippen molar-refractivity contribution in [3.05, 3.63) is 22.0 Å². The van der Waals surface area contributed by atoms with Crippen LogP contribution in [0.1, 0.15) is 38.1 Å². The molecule has 0 fully saturated rings. The second-order valence-electron chi connectivity index (χ2n) is 4.34. The quantitative estimate of drug-likeness (QED) is 0.362. The first kappa shape index (κ1) is 28.4. The molecular weight excluding hydrogens is 364 g/mol. The zero-order chi connectivity index (χ0) is 19.6. The Morgan fingerprint density at radius 2 is 1.44 bits per heavy atom. The summed E-state index contributed by atoms with van der Waals surface area (Å²) in [6, 6.07) is 0.850. The Bertz CT molecular complexity index is 664. The Kier molecular flexibility index (Phi) is 14.6. The number of nitrogen functional groups attached to an aromatic ring is 1. The number of aromatic nitrogens is 1. The number of carbonyl (C=O) groups excluding carboxylic acids is 4. The molecule has 0 unspecified atom stereocenters. The highest BCUT2D eigenvalue weighted by atomic mass is 16.5. The van der Waals surface area contributed by atoms with Gasteiger partial charge in [0.25, 0.3) is 5.56 Å². The minimum atomic E-state index is -0.800. The van der Waals surface area contributed by atoms with E-state index in [0.29, 0.717) is 0 Å². The second kappa shape index (κ2) is 13.9. The van der Waals surface area contributed by atoms with Crippen LogP contribution in [0.15, 0.2) is 10.9 Å². The first-order valence-corrected chi connectivity index (χ1v) is 6.61. The molecule has 0 aromatic carbocycles. The van der Waals surface area contributed by atoms with Gasteiger partial charge in [0.15, 0.2) is 5.78 Å². The summed E-state index contributed by atoms with van der Waals surface area (Å²) in [5, 5.41) is 9.17. The molecule has 1 rings (SSSR count). The van der Waals surface area contributed by atoms with Crippen LogP contribution in [0.5, 0.6) is 5.75 Å². The molecule has 1 aromatic rings. The molecule has 27 heavy (non-hydrogen) atoms. The van der Waals surface area contributed by atoms with E-state index in [-0.39, 0.29) is 39.1 Å². The van der Waals surface area contributed by atoms with E-state index >= 15 is 0 Å². The van der Waals surface area contributed by atoms with Gasteiger partial charge >= 0.3 is 17.9 Å². The van der Waals surface area contributed by atoms with Crippen molar-refractivity contribution in [3.8, 4) is 5.75 Å². The molecule has 0 radical (unpaired) electrons. The number of esters is 3. The molecule has 0 saturated carbocycles. The fourth-order valence-electron chi connectivity index (χ4n) is 1.41. The minimum absolute atomic E-state index is 0. The predicted octanol–water partition coefficient (Wildman–Crippen LogP) is 0.403. The van der Waals surface area contributed by atoms with E-state index < -0.39 is 35.0 Å². The van der Waals surface area contributed by atoms with Crippen molar-refractivity contribution < 1.29 is 38.5 Å². The topological polar surface area (TPSA) is 175 Å². The van der Waals surface area contributed by atoms with Crippen LogP contribution in [-0.2, 0) is 28.6 Å². The van der Waals surface area contributed by atoms with Crippen LogP contribution in [-0.4, -0.2) is 55.1 Å². The summed E-state index contributed by atoms with van der Waals surface area (Å²) in [6.07, 6.45) is -0.767. The normalized spacial score (nSPS) is 8.56. The van der Waals surface area contributed by atoms with Crippen molar-refractivity contribution in [1.29, 1.82) is 0 Å². The molecule has 11 nitrogen and oxygen atoms in total. The number of pyridine rings is 1. The Labute approximate surface area is 156 Å². The van der Waals surface area contributed by atoms with Gasteiger partial charge in [-0.1, -0.05) is 14.9 Å². The molecule has 0 aliphatic carbocycles. The lowest BCUT2D eigenvalue weighted by Gasteiger charge is -2.04. The third-order valence-corrected chi connectivity index (χ3v) is 2.58. The first-order valence-electron chi connectivity index (χ1n) is 6.61. The molecular formula is C16H26N2O9. The third kappa shape index (κ3) is 10.3. The van der Waals surface area contributed by atoms with Gasteiger partial charge in [-0.25, -0.2) is 4.79 Å². The standard InChI is InChI=1S/C7H8N2O4.C7H10O5.2CH4/c1-13-7(12)5-3(10)2-4(11)9-6(5)8;1-11-6(9)3-5(8)4-7(10)12-2;;/h2H,1H3,(H4,8,9,10,11);3-4H2,1-2H3;2*1H4. The Morgan fingerprint density at radius 1 is 1.00 bits per heavy atom. The van der Waals surface area contributed by atoms with E-state index in [1.54, 1.807) is 0 Å². The summed E-state index contributed by atoms with van der Waals surface area (Å²) >= 11 is 0.